The fraction of sp³-hybridized carbons (Fsp3) is 0.533. The highest BCUT2D eigenvalue weighted by Gasteiger charge is 2.21. The molecule has 2 rings (SSSR count). The maximum Gasteiger partial charge on any atom is 0.260 e. The third-order valence-electron chi connectivity index (χ3n) is 3.63. The van der Waals surface area contributed by atoms with Crippen molar-refractivity contribution in [1.29, 1.82) is 0 Å². The summed E-state index contributed by atoms with van der Waals surface area (Å²) in [5.74, 6) is 0.680. The second kappa shape index (κ2) is 7.64. The summed E-state index contributed by atoms with van der Waals surface area (Å²) in [6, 6.07) is 5.35. The quantitative estimate of drug-likeness (QED) is 0.886. The predicted molar refractivity (Wildman–Crippen MR) is 81.8 cm³/mol. The maximum absolute atomic E-state index is 12.1. The van der Waals surface area contributed by atoms with Gasteiger partial charge in [-0.3, -0.25) is 9.69 Å². The van der Waals surface area contributed by atoms with E-state index in [1.54, 1.807) is 17.0 Å². The number of aliphatic hydroxyl groups excluding tert-OH is 1. The SMILES string of the molecule is Cc1cc(Cl)ccc1OCC(=O)N1CCN(CCO)CC1. The standard InChI is InChI=1S/C15H21ClN2O3/c1-12-10-13(16)2-3-14(12)21-11-15(20)18-6-4-17(5-7-18)8-9-19/h2-3,10,19H,4-9,11H2,1H3. The molecular formula is C15H21ClN2O3. The molecule has 5 nitrogen and oxygen atoms in total. The van der Waals surface area contributed by atoms with E-state index >= 15 is 0 Å². The zero-order valence-corrected chi connectivity index (χ0v) is 13.0. The number of β-amino-alcohol motifs (C(OH)–C–C–N with tert-alkyl or cyclic N) is 1. The van der Waals surface area contributed by atoms with Crippen molar-refractivity contribution in [2.75, 3.05) is 45.9 Å². The van der Waals surface area contributed by atoms with Gasteiger partial charge in [-0.1, -0.05) is 11.6 Å². The number of hydrogen-bond acceptors (Lipinski definition) is 4. The van der Waals surface area contributed by atoms with Crippen LogP contribution < -0.4 is 4.74 Å². The number of rotatable bonds is 5. The van der Waals surface area contributed by atoms with Crippen LogP contribution in [0.1, 0.15) is 5.56 Å². The molecule has 1 heterocycles. The highest BCUT2D eigenvalue weighted by Crippen LogP contribution is 2.21. The van der Waals surface area contributed by atoms with Gasteiger partial charge in [0.2, 0.25) is 0 Å². The zero-order chi connectivity index (χ0) is 15.2. The smallest absolute Gasteiger partial charge is 0.260 e. The van der Waals surface area contributed by atoms with Crippen LogP contribution in [0.4, 0.5) is 0 Å². The number of carbonyl (C=O) groups is 1. The number of hydrogen-bond donors (Lipinski definition) is 1. The monoisotopic (exact) mass is 312 g/mol. The molecule has 0 spiro atoms. The fourth-order valence-electron chi connectivity index (χ4n) is 2.37. The van der Waals surface area contributed by atoms with Gasteiger partial charge in [-0.05, 0) is 30.7 Å². The highest BCUT2D eigenvalue weighted by molar-refractivity contribution is 6.30. The summed E-state index contributed by atoms with van der Waals surface area (Å²) in [4.78, 5) is 16.1. The molecule has 116 valence electrons. The van der Waals surface area contributed by atoms with Crippen LogP contribution in [-0.2, 0) is 4.79 Å². The Hall–Kier alpha value is -1.30. The molecular weight excluding hydrogens is 292 g/mol. The summed E-state index contributed by atoms with van der Waals surface area (Å²) in [5, 5.41) is 9.56. The van der Waals surface area contributed by atoms with Gasteiger partial charge in [0.25, 0.3) is 5.91 Å². The molecule has 6 heteroatoms. The Morgan fingerprint density at radius 1 is 1.33 bits per heavy atom. The number of aliphatic hydroxyl groups is 1. The Morgan fingerprint density at radius 2 is 2.05 bits per heavy atom. The molecule has 0 aromatic heterocycles. The summed E-state index contributed by atoms with van der Waals surface area (Å²) in [6.07, 6.45) is 0. The van der Waals surface area contributed by atoms with E-state index in [9.17, 15) is 4.79 Å². The van der Waals surface area contributed by atoms with Gasteiger partial charge in [-0.15, -0.1) is 0 Å². The second-order valence-electron chi connectivity index (χ2n) is 5.14. The van der Waals surface area contributed by atoms with Gasteiger partial charge < -0.3 is 14.7 Å². The Morgan fingerprint density at radius 3 is 2.67 bits per heavy atom. The minimum Gasteiger partial charge on any atom is -0.483 e. The van der Waals surface area contributed by atoms with Crippen LogP contribution in [0.15, 0.2) is 18.2 Å². The Kier molecular flexibility index (Phi) is 5.85. The van der Waals surface area contributed by atoms with Gasteiger partial charge in [-0.25, -0.2) is 0 Å². The van der Waals surface area contributed by atoms with Crippen LogP contribution in [0.25, 0.3) is 0 Å². The third kappa shape index (κ3) is 4.59. The first kappa shape index (κ1) is 16.1. The van der Waals surface area contributed by atoms with Crippen LogP contribution >= 0.6 is 11.6 Å². The Bertz CT molecular complexity index is 488. The van der Waals surface area contributed by atoms with Gasteiger partial charge >= 0.3 is 0 Å². The molecule has 1 saturated heterocycles. The van der Waals surface area contributed by atoms with E-state index in [1.807, 2.05) is 13.0 Å². The summed E-state index contributed by atoms with van der Waals surface area (Å²) in [6.45, 7) is 5.74. The molecule has 1 aliphatic rings. The number of carbonyl (C=O) groups excluding carboxylic acids is 1. The summed E-state index contributed by atoms with van der Waals surface area (Å²) in [7, 11) is 0. The minimum atomic E-state index is -0.00648. The molecule has 1 aromatic carbocycles. The van der Waals surface area contributed by atoms with Crippen molar-refractivity contribution in [2.45, 2.75) is 6.92 Å². The topological polar surface area (TPSA) is 53.0 Å². The Labute approximate surface area is 130 Å². The normalized spacial score (nSPS) is 16.0. The van der Waals surface area contributed by atoms with Crippen molar-refractivity contribution < 1.29 is 14.6 Å². The van der Waals surface area contributed by atoms with Crippen LogP contribution in [0.3, 0.4) is 0 Å². The summed E-state index contributed by atoms with van der Waals surface area (Å²) >= 11 is 5.89. The molecule has 1 aromatic rings. The minimum absolute atomic E-state index is 0.00648. The molecule has 1 N–H and O–H groups in total. The van der Waals surface area contributed by atoms with E-state index in [-0.39, 0.29) is 19.1 Å². The van der Waals surface area contributed by atoms with Gasteiger partial charge in [0.05, 0.1) is 6.61 Å². The number of ether oxygens (including phenoxy) is 1. The predicted octanol–water partition coefficient (Wildman–Crippen LogP) is 1.16. The van der Waals surface area contributed by atoms with Crippen molar-refractivity contribution in [1.82, 2.24) is 9.80 Å². The lowest BCUT2D eigenvalue weighted by Gasteiger charge is -2.34. The fourth-order valence-corrected chi connectivity index (χ4v) is 2.59. The lowest BCUT2D eigenvalue weighted by molar-refractivity contribution is -0.135. The number of piperazine rings is 1. The van der Waals surface area contributed by atoms with Crippen molar-refractivity contribution in [2.24, 2.45) is 0 Å². The van der Waals surface area contributed by atoms with Crippen LogP contribution in [-0.4, -0.2) is 66.8 Å². The number of amides is 1. The van der Waals surface area contributed by atoms with Gasteiger partial charge in [0, 0.05) is 37.7 Å². The molecule has 1 amide bonds. The van der Waals surface area contributed by atoms with E-state index < -0.39 is 0 Å². The molecule has 0 unspecified atom stereocenters. The van der Waals surface area contributed by atoms with Crippen molar-refractivity contribution in [3.8, 4) is 5.75 Å². The summed E-state index contributed by atoms with van der Waals surface area (Å²) in [5.41, 5.74) is 0.920. The number of aryl methyl sites for hydroxylation is 1. The van der Waals surface area contributed by atoms with Gasteiger partial charge in [-0.2, -0.15) is 0 Å². The molecule has 1 fully saturated rings. The average molecular weight is 313 g/mol. The van der Waals surface area contributed by atoms with Crippen molar-refractivity contribution in [3.05, 3.63) is 28.8 Å². The van der Waals surface area contributed by atoms with Gasteiger partial charge in [0.15, 0.2) is 6.61 Å². The number of halogens is 1. The first-order valence-corrected chi connectivity index (χ1v) is 7.48. The van der Waals surface area contributed by atoms with E-state index in [4.69, 9.17) is 21.4 Å². The first-order chi connectivity index (χ1) is 10.1. The van der Waals surface area contributed by atoms with Crippen molar-refractivity contribution >= 4 is 17.5 Å². The first-order valence-electron chi connectivity index (χ1n) is 7.10. The Balaban J connectivity index is 1.80. The third-order valence-corrected chi connectivity index (χ3v) is 3.86. The molecule has 1 aliphatic heterocycles. The molecule has 0 aliphatic carbocycles. The molecule has 0 radical (unpaired) electrons. The molecule has 0 saturated carbocycles. The maximum atomic E-state index is 12.1. The van der Waals surface area contributed by atoms with Crippen LogP contribution in [0.2, 0.25) is 5.02 Å². The average Bonchev–Trinajstić information content (AvgIpc) is 2.47. The van der Waals surface area contributed by atoms with Crippen LogP contribution in [0, 0.1) is 6.92 Å². The highest BCUT2D eigenvalue weighted by atomic mass is 35.5. The molecule has 0 bridgehead atoms. The summed E-state index contributed by atoms with van der Waals surface area (Å²) < 4.78 is 5.58. The largest absolute Gasteiger partial charge is 0.483 e. The van der Waals surface area contributed by atoms with Gasteiger partial charge in [0.1, 0.15) is 5.75 Å². The molecule has 21 heavy (non-hydrogen) atoms. The number of nitrogens with zero attached hydrogens (tertiary/aromatic N) is 2. The van der Waals surface area contributed by atoms with E-state index in [2.05, 4.69) is 4.90 Å². The molecule has 0 atom stereocenters. The second-order valence-corrected chi connectivity index (χ2v) is 5.58. The van der Waals surface area contributed by atoms with Crippen molar-refractivity contribution in [3.63, 3.8) is 0 Å². The van der Waals surface area contributed by atoms with E-state index in [1.165, 1.54) is 0 Å². The zero-order valence-electron chi connectivity index (χ0n) is 12.2. The van der Waals surface area contributed by atoms with Crippen LogP contribution in [0.5, 0.6) is 5.75 Å². The van der Waals surface area contributed by atoms with E-state index in [0.29, 0.717) is 30.4 Å². The van der Waals surface area contributed by atoms with E-state index in [0.717, 1.165) is 18.7 Å². The number of benzene rings is 1. The lowest BCUT2D eigenvalue weighted by Crippen LogP contribution is -2.50. The lowest BCUT2D eigenvalue weighted by atomic mass is 10.2.